The Bertz CT molecular complexity index is 1310. The SMILES string of the molecule is O=C(c1ccc(C(F)(F)F)cc1)N1CCN(c2ccc(-c3ccc4ccccc4c3)nn2)CC1. The molecule has 172 valence electrons. The van der Waals surface area contributed by atoms with Crippen molar-refractivity contribution in [3.63, 3.8) is 0 Å². The third-order valence-corrected chi connectivity index (χ3v) is 6.05. The van der Waals surface area contributed by atoms with Gasteiger partial charge < -0.3 is 9.80 Å². The lowest BCUT2D eigenvalue weighted by atomic mass is 10.1. The molecule has 0 aliphatic carbocycles. The zero-order valence-corrected chi connectivity index (χ0v) is 18.2. The van der Waals surface area contributed by atoms with Gasteiger partial charge in [-0.3, -0.25) is 4.79 Å². The minimum Gasteiger partial charge on any atom is -0.352 e. The van der Waals surface area contributed by atoms with Gasteiger partial charge in [-0.25, -0.2) is 0 Å². The molecule has 0 N–H and O–H groups in total. The third-order valence-electron chi connectivity index (χ3n) is 6.05. The minimum absolute atomic E-state index is 0.251. The zero-order valence-electron chi connectivity index (χ0n) is 18.2. The van der Waals surface area contributed by atoms with Gasteiger partial charge in [0.25, 0.3) is 5.91 Å². The van der Waals surface area contributed by atoms with Gasteiger partial charge in [-0.2, -0.15) is 13.2 Å². The first-order chi connectivity index (χ1) is 16.4. The van der Waals surface area contributed by atoms with E-state index in [2.05, 4.69) is 34.5 Å². The van der Waals surface area contributed by atoms with E-state index < -0.39 is 11.7 Å². The van der Waals surface area contributed by atoms with Crippen LogP contribution in [0.2, 0.25) is 0 Å². The number of piperazine rings is 1. The second-order valence-electron chi connectivity index (χ2n) is 8.19. The van der Waals surface area contributed by atoms with Gasteiger partial charge in [0.2, 0.25) is 0 Å². The predicted octanol–water partition coefficient (Wildman–Crippen LogP) is 5.28. The molecule has 8 heteroatoms. The maximum absolute atomic E-state index is 12.8. The van der Waals surface area contributed by atoms with E-state index in [1.165, 1.54) is 17.5 Å². The summed E-state index contributed by atoms with van der Waals surface area (Å²) in [7, 11) is 0. The van der Waals surface area contributed by atoms with Crippen LogP contribution in [0.1, 0.15) is 15.9 Å². The Morgan fingerprint density at radius 1 is 0.765 bits per heavy atom. The molecule has 0 saturated carbocycles. The van der Waals surface area contributed by atoms with E-state index >= 15 is 0 Å². The number of fused-ring (bicyclic) bond motifs is 1. The Balaban J connectivity index is 1.22. The molecular weight excluding hydrogens is 441 g/mol. The molecule has 1 amide bonds. The summed E-state index contributed by atoms with van der Waals surface area (Å²) in [6.45, 7) is 2.04. The molecule has 34 heavy (non-hydrogen) atoms. The van der Waals surface area contributed by atoms with Gasteiger partial charge in [0.1, 0.15) is 0 Å². The van der Waals surface area contributed by atoms with Crippen LogP contribution in [0.3, 0.4) is 0 Å². The summed E-state index contributed by atoms with van der Waals surface area (Å²) in [5, 5.41) is 11.1. The van der Waals surface area contributed by atoms with Crippen molar-refractivity contribution < 1.29 is 18.0 Å². The first kappa shape index (κ1) is 21.9. The van der Waals surface area contributed by atoms with E-state index in [1.54, 1.807) is 4.90 Å². The molecule has 1 fully saturated rings. The van der Waals surface area contributed by atoms with E-state index in [-0.39, 0.29) is 11.5 Å². The molecule has 3 aromatic carbocycles. The van der Waals surface area contributed by atoms with Gasteiger partial charge in [0.05, 0.1) is 11.3 Å². The number of carbonyl (C=O) groups is 1. The summed E-state index contributed by atoms with van der Waals surface area (Å²) < 4.78 is 38.3. The van der Waals surface area contributed by atoms with Crippen molar-refractivity contribution in [2.45, 2.75) is 6.18 Å². The van der Waals surface area contributed by atoms with Gasteiger partial charge in [0.15, 0.2) is 5.82 Å². The topological polar surface area (TPSA) is 49.3 Å². The van der Waals surface area contributed by atoms with Crippen LogP contribution in [0.5, 0.6) is 0 Å². The highest BCUT2D eigenvalue weighted by atomic mass is 19.4. The van der Waals surface area contributed by atoms with Crippen LogP contribution in [-0.4, -0.2) is 47.2 Å². The van der Waals surface area contributed by atoms with Crippen LogP contribution in [0, 0.1) is 0 Å². The second-order valence-corrected chi connectivity index (χ2v) is 8.19. The number of aromatic nitrogens is 2. The Morgan fingerprint density at radius 3 is 2.12 bits per heavy atom. The summed E-state index contributed by atoms with van der Waals surface area (Å²) >= 11 is 0. The molecule has 2 heterocycles. The van der Waals surface area contributed by atoms with Crippen LogP contribution < -0.4 is 4.90 Å². The normalized spacial score (nSPS) is 14.4. The summed E-state index contributed by atoms with van der Waals surface area (Å²) in [4.78, 5) is 16.4. The lowest BCUT2D eigenvalue weighted by Crippen LogP contribution is -2.49. The van der Waals surface area contributed by atoms with Crippen molar-refractivity contribution in [2.75, 3.05) is 31.1 Å². The van der Waals surface area contributed by atoms with E-state index in [4.69, 9.17) is 0 Å². The number of hydrogen-bond acceptors (Lipinski definition) is 4. The quantitative estimate of drug-likeness (QED) is 0.416. The number of nitrogens with zero attached hydrogens (tertiary/aromatic N) is 4. The van der Waals surface area contributed by atoms with Crippen molar-refractivity contribution in [2.24, 2.45) is 0 Å². The van der Waals surface area contributed by atoms with Crippen LogP contribution in [0.25, 0.3) is 22.0 Å². The maximum atomic E-state index is 12.8. The third kappa shape index (κ3) is 4.44. The van der Waals surface area contributed by atoms with Crippen molar-refractivity contribution in [3.05, 3.63) is 90.0 Å². The molecule has 0 radical (unpaired) electrons. The van der Waals surface area contributed by atoms with Gasteiger partial charge in [0, 0.05) is 37.3 Å². The molecule has 5 rings (SSSR count). The van der Waals surface area contributed by atoms with Crippen LogP contribution in [0.4, 0.5) is 19.0 Å². The Kier molecular flexibility index (Phi) is 5.65. The monoisotopic (exact) mass is 462 g/mol. The number of carbonyl (C=O) groups excluding carboxylic acids is 1. The molecule has 1 saturated heterocycles. The molecular formula is C26H21F3N4O. The molecule has 1 aliphatic heterocycles. The molecule has 0 spiro atoms. The standard InChI is InChI=1S/C26H21F3N4O/c27-26(28,29)22-9-7-19(8-10-22)25(34)33-15-13-32(14-16-33)24-12-11-23(30-31-24)21-6-5-18-3-1-2-4-20(18)17-21/h1-12,17H,13-16H2. The summed E-state index contributed by atoms with van der Waals surface area (Å²) in [6.07, 6.45) is -4.42. The fourth-order valence-electron chi connectivity index (χ4n) is 4.12. The zero-order chi connectivity index (χ0) is 23.7. The van der Waals surface area contributed by atoms with Gasteiger partial charge >= 0.3 is 6.18 Å². The summed E-state index contributed by atoms with van der Waals surface area (Å²) in [5.74, 6) is 0.456. The first-order valence-corrected chi connectivity index (χ1v) is 10.9. The smallest absolute Gasteiger partial charge is 0.352 e. The number of halogens is 3. The number of alkyl halides is 3. The first-order valence-electron chi connectivity index (χ1n) is 10.9. The number of hydrogen-bond donors (Lipinski definition) is 0. The van der Waals surface area contributed by atoms with Crippen LogP contribution in [-0.2, 0) is 6.18 Å². The van der Waals surface area contributed by atoms with E-state index in [1.807, 2.05) is 35.2 Å². The van der Waals surface area contributed by atoms with E-state index in [0.717, 1.165) is 34.6 Å². The largest absolute Gasteiger partial charge is 0.416 e. The Morgan fingerprint density at radius 2 is 1.47 bits per heavy atom. The van der Waals surface area contributed by atoms with Crippen molar-refractivity contribution in [1.82, 2.24) is 15.1 Å². The molecule has 1 aromatic heterocycles. The Labute approximate surface area is 194 Å². The Hall–Kier alpha value is -3.94. The molecule has 1 aliphatic rings. The lowest BCUT2D eigenvalue weighted by molar-refractivity contribution is -0.137. The molecule has 0 unspecified atom stereocenters. The average Bonchev–Trinajstić information content (AvgIpc) is 2.88. The minimum atomic E-state index is -4.42. The highest BCUT2D eigenvalue weighted by Gasteiger charge is 2.31. The fraction of sp³-hybridized carbons (Fsp3) is 0.192. The van der Waals surface area contributed by atoms with Crippen LogP contribution >= 0.6 is 0 Å². The number of anilines is 1. The van der Waals surface area contributed by atoms with Crippen molar-refractivity contribution in [1.29, 1.82) is 0 Å². The number of amides is 1. The highest BCUT2D eigenvalue weighted by molar-refractivity contribution is 5.94. The van der Waals surface area contributed by atoms with Gasteiger partial charge in [-0.15, -0.1) is 10.2 Å². The molecule has 4 aromatic rings. The number of rotatable bonds is 3. The summed E-state index contributed by atoms with van der Waals surface area (Å²) in [6, 6.07) is 22.5. The van der Waals surface area contributed by atoms with E-state index in [9.17, 15) is 18.0 Å². The maximum Gasteiger partial charge on any atom is 0.416 e. The number of benzene rings is 3. The highest BCUT2D eigenvalue weighted by Crippen LogP contribution is 2.29. The second kappa shape index (κ2) is 8.78. The molecule has 0 atom stereocenters. The molecule has 5 nitrogen and oxygen atoms in total. The van der Waals surface area contributed by atoms with Gasteiger partial charge in [-0.05, 0) is 53.2 Å². The lowest BCUT2D eigenvalue weighted by Gasteiger charge is -2.35. The van der Waals surface area contributed by atoms with Crippen molar-refractivity contribution >= 4 is 22.5 Å². The summed E-state index contributed by atoms with van der Waals surface area (Å²) in [5.41, 5.74) is 1.26. The fourth-order valence-corrected chi connectivity index (χ4v) is 4.12. The van der Waals surface area contributed by atoms with E-state index in [0.29, 0.717) is 26.2 Å². The van der Waals surface area contributed by atoms with Crippen LogP contribution in [0.15, 0.2) is 78.9 Å². The van der Waals surface area contributed by atoms with Crippen molar-refractivity contribution in [3.8, 4) is 11.3 Å². The molecule has 0 bridgehead atoms. The van der Waals surface area contributed by atoms with Gasteiger partial charge in [-0.1, -0.05) is 36.4 Å². The predicted molar refractivity (Wildman–Crippen MR) is 125 cm³/mol. The average molecular weight is 462 g/mol.